The molecule has 1 saturated carbocycles. The van der Waals surface area contributed by atoms with E-state index in [2.05, 4.69) is 51.3 Å². The molecule has 9 heteroatoms. The Hall–Kier alpha value is -3.85. The summed E-state index contributed by atoms with van der Waals surface area (Å²) >= 11 is 0. The molecule has 2 amide bonds. The van der Waals surface area contributed by atoms with Crippen molar-refractivity contribution in [2.75, 3.05) is 67.6 Å². The number of rotatable bonds is 6. The van der Waals surface area contributed by atoms with Crippen molar-refractivity contribution in [1.82, 2.24) is 9.88 Å². The van der Waals surface area contributed by atoms with E-state index in [1.54, 1.807) is 0 Å². The molecule has 1 N–H and O–H groups in total. The molecule has 0 bridgehead atoms. The van der Waals surface area contributed by atoms with Crippen LogP contribution < -0.4 is 15.1 Å². The van der Waals surface area contributed by atoms with Crippen LogP contribution in [0.2, 0.25) is 0 Å². The number of ether oxygens (including phenoxy) is 1. The summed E-state index contributed by atoms with van der Waals surface area (Å²) in [5.41, 5.74) is 5.18. The maximum Gasteiger partial charge on any atom is 0.277 e. The highest BCUT2D eigenvalue weighted by Crippen LogP contribution is 2.40. The van der Waals surface area contributed by atoms with E-state index in [1.807, 2.05) is 23.1 Å². The minimum Gasteiger partial charge on any atom is -0.448 e. The number of aromatic nitrogens is 1. The van der Waals surface area contributed by atoms with Crippen LogP contribution in [0.15, 0.2) is 53.1 Å². The van der Waals surface area contributed by atoms with Crippen LogP contribution >= 0.6 is 0 Å². The standard InChI is InChI=1S/C32H37N5O4/c1-22-4-2-3-5-27(22)35-14-16-36(17-15-35)28-9-8-24(31(39)37-12-10-32(11-13-37)20-40-21-32)18-25(28)33-29(38)26-19-41-30(34-26)23-6-7-23/h2-5,8-9,18-19,23H,6-7,10-17,20-21H2,1H3,(H,33,38). The molecule has 0 unspecified atom stereocenters. The third kappa shape index (κ3) is 5.19. The Bertz CT molecular complexity index is 1440. The number of piperidine rings is 1. The number of oxazole rings is 1. The summed E-state index contributed by atoms with van der Waals surface area (Å²) in [7, 11) is 0. The minimum atomic E-state index is -0.324. The van der Waals surface area contributed by atoms with Crippen LogP contribution in [0.3, 0.4) is 0 Å². The fraction of sp³-hybridized carbons (Fsp3) is 0.469. The lowest BCUT2D eigenvalue weighted by molar-refractivity contribution is -0.136. The molecular weight excluding hydrogens is 518 g/mol. The van der Waals surface area contributed by atoms with Gasteiger partial charge in [-0.25, -0.2) is 4.98 Å². The average molecular weight is 556 g/mol. The highest BCUT2D eigenvalue weighted by Gasteiger charge is 2.42. The highest BCUT2D eigenvalue weighted by atomic mass is 16.5. The van der Waals surface area contributed by atoms with E-state index in [0.29, 0.717) is 23.1 Å². The van der Waals surface area contributed by atoms with Crippen LogP contribution in [0, 0.1) is 12.3 Å². The molecule has 4 fully saturated rings. The van der Waals surface area contributed by atoms with Gasteiger partial charge in [-0.3, -0.25) is 9.59 Å². The zero-order valence-electron chi connectivity index (χ0n) is 23.6. The first-order chi connectivity index (χ1) is 20.0. The monoisotopic (exact) mass is 555 g/mol. The van der Waals surface area contributed by atoms with E-state index < -0.39 is 0 Å². The number of carbonyl (C=O) groups excluding carboxylic acids is 2. The molecule has 1 spiro atoms. The number of likely N-dealkylation sites (tertiary alicyclic amines) is 1. The first-order valence-electron chi connectivity index (χ1n) is 14.8. The van der Waals surface area contributed by atoms with E-state index in [9.17, 15) is 9.59 Å². The molecule has 7 rings (SSSR count). The third-order valence-corrected chi connectivity index (χ3v) is 9.18. The molecule has 3 saturated heterocycles. The zero-order valence-corrected chi connectivity index (χ0v) is 23.6. The van der Waals surface area contributed by atoms with Crippen molar-refractivity contribution in [2.24, 2.45) is 5.41 Å². The molecule has 214 valence electrons. The number of hydrogen-bond donors (Lipinski definition) is 1. The number of nitrogens with one attached hydrogen (secondary N) is 1. The number of hydrogen-bond acceptors (Lipinski definition) is 7. The SMILES string of the molecule is Cc1ccccc1N1CCN(c2ccc(C(=O)N3CCC4(CC3)COC4)cc2NC(=O)c2coc(C3CC3)n2)CC1. The first-order valence-corrected chi connectivity index (χ1v) is 14.8. The van der Waals surface area contributed by atoms with E-state index in [-0.39, 0.29) is 22.9 Å². The fourth-order valence-electron chi connectivity index (χ4n) is 6.29. The maximum absolute atomic E-state index is 13.6. The normalized spacial score (nSPS) is 20.2. The predicted molar refractivity (Wildman–Crippen MR) is 157 cm³/mol. The van der Waals surface area contributed by atoms with Gasteiger partial charge in [0.25, 0.3) is 11.8 Å². The minimum absolute atomic E-state index is 0.00367. The van der Waals surface area contributed by atoms with Crippen LogP contribution in [0.5, 0.6) is 0 Å². The second-order valence-corrected chi connectivity index (χ2v) is 12.1. The van der Waals surface area contributed by atoms with Gasteiger partial charge >= 0.3 is 0 Å². The highest BCUT2D eigenvalue weighted by molar-refractivity contribution is 6.06. The van der Waals surface area contributed by atoms with Gasteiger partial charge in [0.15, 0.2) is 11.6 Å². The number of aryl methyl sites for hydroxylation is 1. The average Bonchev–Trinajstić information content (AvgIpc) is 3.72. The van der Waals surface area contributed by atoms with Gasteiger partial charge in [-0.15, -0.1) is 0 Å². The number of nitrogens with zero attached hydrogens (tertiary/aromatic N) is 4. The smallest absolute Gasteiger partial charge is 0.277 e. The van der Waals surface area contributed by atoms with Crippen molar-refractivity contribution in [3.8, 4) is 0 Å². The fourth-order valence-corrected chi connectivity index (χ4v) is 6.29. The molecule has 41 heavy (non-hydrogen) atoms. The van der Waals surface area contributed by atoms with Gasteiger partial charge in [0.2, 0.25) is 0 Å². The second kappa shape index (κ2) is 10.5. The van der Waals surface area contributed by atoms with Crippen molar-refractivity contribution >= 4 is 28.9 Å². The van der Waals surface area contributed by atoms with E-state index >= 15 is 0 Å². The Morgan fingerprint density at radius 2 is 1.63 bits per heavy atom. The summed E-state index contributed by atoms with van der Waals surface area (Å²) in [6, 6.07) is 14.2. The number of benzene rings is 2. The number of piperazine rings is 1. The molecule has 1 aliphatic carbocycles. The molecule has 0 atom stereocenters. The Kier molecular flexibility index (Phi) is 6.69. The summed E-state index contributed by atoms with van der Waals surface area (Å²) < 4.78 is 11.0. The summed E-state index contributed by atoms with van der Waals surface area (Å²) in [6.07, 6.45) is 5.48. The number of amides is 2. The zero-order chi connectivity index (χ0) is 28.0. The van der Waals surface area contributed by atoms with Gasteiger partial charge in [0.1, 0.15) is 6.26 Å². The maximum atomic E-state index is 13.6. The van der Waals surface area contributed by atoms with E-state index in [0.717, 1.165) is 83.9 Å². The topological polar surface area (TPSA) is 91.2 Å². The second-order valence-electron chi connectivity index (χ2n) is 12.1. The summed E-state index contributed by atoms with van der Waals surface area (Å²) in [6.45, 7) is 8.56. The predicted octanol–water partition coefficient (Wildman–Crippen LogP) is 4.69. The number of para-hydroxylation sites is 1. The van der Waals surface area contributed by atoms with Gasteiger partial charge in [-0.1, -0.05) is 18.2 Å². The Morgan fingerprint density at radius 1 is 0.927 bits per heavy atom. The summed E-state index contributed by atoms with van der Waals surface area (Å²) in [5, 5.41) is 3.07. The van der Waals surface area contributed by atoms with Gasteiger partial charge in [0.05, 0.1) is 24.6 Å². The molecular formula is C32H37N5O4. The molecule has 4 aliphatic rings. The van der Waals surface area contributed by atoms with Crippen molar-refractivity contribution in [1.29, 1.82) is 0 Å². The van der Waals surface area contributed by atoms with Crippen molar-refractivity contribution < 1.29 is 18.7 Å². The quantitative estimate of drug-likeness (QED) is 0.472. The van der Waals surface area contributed by atoms with Crippen LogP contribution in [-0.2, 0) is 4.74 Å². The number of carbonyl (C=O) groups is 2. The molecule has 3 aliphatic heterocycles. The molecule has 1 aromatic heterocycles. The summed E-state index contributed by atoms with van der Waals surface area (Å²) in [5.74, 6) is 0.637. The van der Waals surface area contributed by atoms with E-state index in [1.165, 1.54) is 17.5 Å². The van der Waals surface area contributed by atoms with Crippen LogP contribution in [0.25, 0.3) is 0 Å². The van der Waals surface area contributed by atoms with Crippen LogP contribution in [0.1, 0.15) is 63.9 Å². The third-order valence-electron chi connectivity index (χ3n) is 9.18. The largest absolute Gasteiger partial charge is 0.448 e. The van der Waals surface area contributed by atoms with Gasteiger partial charge in [-0.2, -0.15) is 0 Å². The lowest BCUT2D eigenvalue weighted by Gasteiger charge is -2.47. The molecule has 3 aromatic rings. The van der Waals surface area contributed by atoms with Crippen LogP contribution in [-0.4, -0.2) is 74.2 Å². The number of anilines is 3. The van der Waals surface area contributed by atoms with Gasteiger partial charge in [0, 0.05) is 61.9 Å². The molecule has 0 radical (unpaired) electrons. The van der Waals surface area contributed by atoms with Crippen molar-refractivity contribution in [3.63, 3.8) is 0 Å². The lowest BCUT2D eigenvalue weighted by atomic mass is 9.77. The Morgan fingerprint density at radius 3 is 2.29 bits per heavy atom. The molecule has 9 nitrogen and oxygen atoms in total. The first kappa shape index (κ1) is 26.1. The van der Waals surface area contributed by atoms with E-state index in [4.69, 9.17) is 9.15 Å². The molecule has 2 aromatic carbocycles. The van der Waals surface area contributed by atoms with Crippen LogP contribution in [0.4, 0.5) is 17.1 Å². The van der Waals surface area contributed by atoms with Crippen molar-refractivity contribution in [3.05, 3.63) is 71.4 Å². The van der Waals surface area contributed by atoms with Crippen molar-refractivity contribution in [2.45, 2.75) is 38.5 Å². The Labute approximate surface area is 240 Å². The summed E-state index contributed by atoms with van der Waals surface area (Å²) in [4.78, 5) is 37.9. The molecule has 4 heterocycles. The van der Waals surface area contributed by atoms with Gasteiger partial charge in [-0.05, 0) is 62.4 Å². The Balaban J connectivity index is 1.11. The lowest BCUT2D eigenvalue weighted by Crippen LogP contribution is -2.52. The van der Waals surface area contributed by atoms with Gasteiger partial charge < -0.3 is 29.2 Å².